The summed E-state index contributed by atoms with van der Waals surface area (Å²) in [6, 6.07) is 7.62. The summed E-state index contributed by atoms with van der Waals surface area (Å²) in [5, 5.41) is 7.15. The van der Waals surface area contributed by atoms with Crippen LogP contribution in [0.1, 0.15) is 33.6 Å². The van der Waals surface area contributed by atoms with Crippen molar-refractivity contribution in [2.75, 3.05) is 19.0 Å². The van der Waals surface area contributed by atoms with Crippen molar-refractivity contribution >= 4 is 29.0 Å². The van der Waals surface area contributed by atoms with E-state index < -0.39 is 0 Å². The summed E-state index contributed by atoms with van der Waals surface area (Å²) >= 11 is 5.53. The molecule has 2 bridgehead atoms. The van der Waals surface area contributed by atoms with Gasteiger partial charge in [0.25, 0.3) is 0 Å². The molecule has 1 aromatic carbocycles. The van der Waals surface area contributed by atoms with Crippen molar-refractivity contribution in [1.29, 1.82) is 0 Å². The molecule has 142 valence electrons. The van der Waals surface area contributed by atoms with E-state index in [2.05, 4.69) is 24.5 Å². The summed E-state index contributed by atoms with van der Waals surface area (Å²) in [6.07, 6.45) is 2.00. The first-order chi connectivity index (χ1) is 12.4. The zero-order valence-corrected chi connectivity index (χ0v) is 16.7. The molecule has 0 aliphatic heterocycles. The van der Waals surface area contributed by atoms with E-state index in [4.69, 9.17) is 21.7 Å². The van der Waals surface area contributed by atoms with Crippen LogP contribution < -0.4 is 15.4 Å². The molecule has 2 N–H and O–H groups in total. The Morgan fingerprint density at radius 1 is 1.35 bits per heavy atom. The number of carbonyl (C=O) groups is 1. The smallest absolute Gasteiger partial charge is 0.311 e. The molecule has 26 heavy (non-hydrogen) atoms. The number of hydrogen-bond acceptors (Lipinski definition) is 4. The average Bonchev–Trinajstić information content (AvgIpc) is 2.61. The van der Waals surface area contributed by atoms with E-state index in [-0.39, 0.29) is 23.3 Å². The molecule has 0 heterocycles. The van der Waals surface area contributed by atoms with Crippen molar-refractivity contribution in [3.63, 3.8) is 0 Å². The zero-order chi connectivity index (χ0) is 18.9. The third kappa shape index (κ3) is 3.52. The van der Waals surface area contributed by atoms with Gasteiger partial charge in [-0.25, -0.2) is 0 Å². The fourth-order valence-electron chi connectivity index (χ4n) is 4.51. The fraction of sp³-hybridized carbons (Fsp3) is 0.600. The maximum atomic E-state index is 12.5. The minimum Gasteiger partial charge on any atom is -0.497 e. The number of thiocarbonyl (C=S) groups is 1. The molecule has 0 unspecified atom stereocenters. The molecule has 0 saturated heterocycles. The van der Waals surface area contributed by atoms with Gasteiger partial charge in [0.05, 0.1) is 19.6 Å². The molecule has 3 aliphatic rings. The summed E-state index contributed by atoms with van der Waals surface area (Å²) in [4.78, 5) is 12.5. The van der Waals surface area contributed by atoms with Gasteiger partial charge in [-0.2, -0.15) is 0 Å². The molecule has 0 radical (unpaired) electrons. The van der Waals surface area contributed by atoms with Gasteiger partial charge < -0.3 is 20.1 Å². The molecule has 0 aromatic heterocycles. The fourth-order valence-corrected chi connectivity index (χ4v) is 4.77. The lowest BCUT2D eigenvalue weighted by atomic mass is 9.45. The van der Waals surface area contributed by atoms with E-state index in [9.17, 15) is 4.79 Å². The van der Waals surface area contributed by atoms with Crippen LogP contribution in [0.3, 0.4) is 0 Å². The van der Waals surface area contributed by atoms with Crippen LogP contribution in [0.4, 0.5) is 5.69 Å². The zero-order valence-electron chi connectivity index (χ0n) is 15.9. The maximum Gasteiger partial charge on any atom is 0.311 e. The Kier molecular flexibility index (Phi) is 5.42. The molecule has 3 aliphatic carbocycles. The second-order valence-electron chi connectivity index (χ2n) is 7.81. The van der Waals surface area contributed by atoms with Crippen LogP contribution in [0.5, 0.6) is 5.75 Å². The van der Waals surface area contributed by atoms with Crippen LogP contribution in [-0.4, -0.2) is 30.8 Å². The van der Waals surface area contributed by atoms with Crippen LogP contribution in [0.2, 0.25) is 0 Å². The molecule has 1 aromatic rings. The molecule has 3 fully saturated rings. The maximum absolute atomic E-state index is 12.5. The monoisotopic (exact) mass is 376 g/mol. The van der Waals surface area contributed by atoms with E-state index in [1.807, 2.05) is 31.2 Å². The first kappa shape index (κ1) is 19.0. The third-order valence-corrected chi connectivity index (χ3v) is 6.39. The number of benzene rings is 1. The molecule has 3 saturated carbocycles. The molecular weight excluding hydrogens is 348 g/mol. The number of rotatable bonds is 5. The number of hydrogen-bond donors (Lipinski definition) is 2. The van der Waals surface area contributed by atoms with Crippen molar-refractivity contribution in [3.05, 3.63) is 24.3 Å². The Morgan fingerprint density at radius 3 is 2.77 bits per heavy atom. The van der Waals surface area contributed by atoms with Gasteiger partial charge in [-0.1, -0.05) is 19.9 Å². The van der Waals surface area contributed by atoms with E-state index in [0.29, 0.717) is 23.6 Å². The van der Waals surface area contributed by atoms with Gasteiger partial charge in [-0.3, -0.25) is 4.79 Å². The van der Waals surface area contributed by atoms with Gasteiger partial charge in [0, 0.05) is 17.8 Å². The summed E-state index contributed by atoms with van der Waals surface area (Å²) in [5.41, 5.74) is 1.09. The minimum atomic E-state index is -0.142. The Morgan fingerprint density at radius 2 is 2.12 bits per heavy atom. The molecule has 4 rings (SSSR count). The first-order valence-electron chi connectivity index (χ1n) is 9.25. The van der Waals surface area contributed by atoms with Crippen LogP contribution in [0.15, 0.2) is 24.3 Å². The van der Waals surface area contributed by atoms with Crippen molar-refractivity contribution in [2.24, 2.45) is 23.2 Å². The lowest BCUT2D eigenvalue weighted by Crippen LogP contribution is -2.65. The molecule has 4 atom stereocenters. The van der Waals surface area contributed by atoms with Gasteiger partial charge in [0.15, 0.2) is 5.11 Å². The highest BCUT2D eigenvalue weighted by Crippen LogP contribution is 2.60. The Hall–Kier alpha value is -1.82. The highest BCUT2D eigenvalue weighted by atomic mass is 32.1. The van der Waals surface area contributed by atoms with E-state index in [1.165, 1.54) is 0 Å². The van der Waals surface area contributed by atoms with Gasteiger partial charge in [-0.05, 0) is 61.4 Å². The number of nitrogens with one attached hydrogen (secondary N) is 2. The standard InChI is InChI=1S/C20H28N2O3S/c1-5-25-18(23)15-9-12-10-16(20(12,2)3)17(15)22-19(26)21-13-7-6-8-14(11-13)24-4/h6-8,11-12,15-17H,5,9-10H2,1-4H3,(H2,21,22,26)/t12-,15-,16+,17-/m1/s1. The highest BCUT2D eigenvalue weighted by molar-refractivity contribution is 7.80. The number of esters is 1. The van der Waals surface area contributed by atoms with Gasteiger partial charge in [-0.15, -0.1) is 0 Å². The second-order valence-corrected chi connectivity index (χ2v) is 8.22. The van der Waals surface area contributed by atoms with Crippen LogP contribution >= 0.6 is 12.2 Å². The third-order valence-electron chi connectivity index (χ3n) is 6.17. The van der Waals surface area contributed by atoms with Crippen LogP contribution in [0, 0.1) is 23.2 Å². The first-order valence-corrected chi connectivity index (χ1v) is 9.65. The predicted molar refractivity (Wildman–Crippen MR) is 106 cm³/mol. The molecule has 6 heteroatoms. The van der Waals surface area contributed by atoms with Gasteiger partial charge in [0.1, 0.15) is 5.75 Å². The van der Waals surface area contributed by atoms with E-state index in [0.717, 1.165) is 24.3 Å². The predicted octanol–water partition coefficient (Wildman–Crippen LogP) is 3.60. The van der Waals surface area contributed by atoms with E-state index >= 15 is 0 Å². The normalized spacial score (nSPS) is 28.5. The highest BCUT2D eigenvalue weighted by Gasteiger charge is 2.59. The van der Waals surface area contributed by atoms with Crippen molar-refractivity contribution in [2.45, 2.75) is 39.7 Å². The molecule has 0 spiro atoms. The quantitative estimate of drug-likeness (QED) is 0.605. The Labute approximate surface area is 160 Å². The van der Waals surface area contributed by atoms with Crippen molar-refractivity contribution in [3.8, 4) is 5.75 Å². The van der Waals surface area contributed by atoms with Crippen LogP contribution in [-0.2, 0) is 9.53 Å². The summed E-state index contributed by atoms with van der Waals surface area (Å²) in [6.45, 7) is 6.84. The van der Waals surface area contributed by atoms with Gasteiger partial charge >= 0.3 is 5.97 Å². The topological polar surface area (TPSA) is 59.6 Å². The second kappa shape index (κ2) is 7.43. The summed E-state index contributed by atoms with van der Waals surface area (Å²) in [5.74, 6) is 1.51. The number of methoxy groups -OCH3 is 1. The number of fused-ring (bicyclic) bond motifs is 2. The SMILES string of the molecule is CCOC(=O)[C@@H]1C[C@@H]2C[C@@H]([C@@H]1NC(=S)Nc1cccc(OC)c1)C2(C)C. The molecular formula is C20H28N2O3S. The molecule has 5 nitrogen and oxygen atoms in total. The Bertz CT molecular complexity index is 691. The lowest BCUT2D eigenvalue weighted by Gasteiger charge is -2.62. The number of carbonyl (C=O) groups excluding carboxylic acids is 1. The largest absolute Gasteiger partial charge is 0.497 e. The minimum absolute atomic E-state index is 0.000317. The van der Waals surface area contributed by atoms with Gasteiger partial charge in [0.2, 0.25) is 0 Å². The van der Waals surface area contributed by atoms with Crippen molar-refractivity contribution in [1.82, 2.24) is 5.32 Å². The lowest BCUT2D eigenvalue weighted by molar-refractivity contribution is -0.166. The van der Waals surface area contributed by atoms with Crippen molar-refractivity contribution < 1.29 is 14.3 Å². The summed E-state index contributed by atoms with van der Waals surface area (Å²) < 4.78 is 10.6. The number of anilines is 1. The van der Waals surface area contributed by atoms with Crippen LogP contribution in [0.25, 0.3) is 0 Å². The van der Waals surface area contributed by atoms with E-state index in [1.54, 1.807) is 7.11 Å². The Balaban J connectivity index is 1.71. The molecule has 0 amide bonds. The average molecular weight is 377 g/mol. The number of ether oxygens (including phenoxy) is 2. The summed E-state index contributed by atoms with van der Waals surface area (Å²) in [7, 11) is 1.64.